The average molecular weight is 329 g/mol. The van der Waals surface area contributed by atoms with Gasteiger partial charge in [-0.2, -0.15) is 0 Å². The largest absolute Gasteiger partial charge is 0.380 e. The first-order chi connectivity index (χ1) is 11.5. The first-order valence-electron chi connectivity index (χ1n) is 8.22. The maximum Gasteiger partial charge on any atom is 0.231 e. The standard InChI is InChI=1S/C18H23N3O3/c1-13(22)21-5-4-16-9-14(2-3-17(16)21)8-15-10-20(11-18(19)23)6-7-24-12-15/h2-5,9,15H,6-8,10-12H2,1H3,(H2,19,23). The van der Waals surface area contributed by atoms with Crippen LogP contribution in [0.1, 0.15) is 17.3 Å². The molecule has 0 aliphatic carbocycles. The number of ether oxygens (including phenoxy) is 1. The van der Waals surface area contributed by atoms with E-state index in [1.54, 1.807) is 17.7 Å². The highest BCUT2D eigenvalue weighted by Crippen LogP contribution is 2.21. The van der Waals surface area contributed by atoms with Crippen molar-refractivity contribution in [3.05, 3.63) is 36.0 Å². The Morgan fingerprint density at radius 2 is 2.17 bits per heavy atom. The Hall–Kier alpha value is -2.18. The van der Waals surface area contributed by atoms with Crippen LogP contribution in [0.3, 0.4) is 0 Å². The number of rotatable bonds is 4. The van der Waals surface area contributed by atoms with Crippen LogP contribution in [-0.2, 0) is 16.0 Å². The summed E-state index contributed by atoms with van der Waals surface area (Å²) < 4.78 is 7.33. The van der Waals surface area contributed by atoms with Crippen LogP contribution < -0.4 is 5.73 Å². The van der Waals surface area contributed by atoms with E-state index in [2.05, 4.69) is 17.0 Å². The lowest BCUT2D eigenvalue weighted by atomic mass is 9.98. The van der Waals surface area contributed by atoms with Gasteiger partial charge in [0.1, 0.15) is 0 Å². The summed E-state index contributed by atoms with van der Waals surface area (Å²) >= 11 is 0. The fourth-order valence-corrected chi connectivity index (χ4v) is 3.37. The smallest absolute Gasteiger partial charge is 0.231 e. The second-order valence-corrected chi connectivity index (χ2v) is 6.44. The molecular weight excluding hydrogens is 306 g/mol. The third-order valence-electron chi connectivity index (χ3n) is 4.42. The van der Waals surface area contributed by atoms with Crippen LogP contribution in [0, 0.1) is 5.92 Å². The number of hydrogen-bond donors (Lipinski definition) is 1. The van der Waals surface area contributed by atoms with Crippen LogP contribution in [0.15, 0.2) is 30.5 Å². The summed E-state index contributed by atoms with van der Waals surface area (Å²) in [4.78, 5) is 24.8. The van der Waals surface area contributed by atoms with Crippen molar-refractivity contribution in [1.82, 2.24) is 9.47 Å². The Kier molecular flexibility index (Phi) is 4.97. The molecule has 24 heavy (non-hydrogen) atoms. The van der Waals surface area contributed by atoms with Crippen LogP contribution in [0.2, 0.25) is 0 Å². The van der Waals surface area contributed by atoms with E-state index in [1.807, 2.05) is 12.1 Å². The third-order valence-corrected chi connectivity index (χ3v) is 4.42. The van der Waals surface area contributed by atoms with E-state index in [9.17, 15) is 9.59 Å². The van der Waals surface area contributed by atoms with Crippen molar-refractivity contribution in [1.29, 1.82) is 0 Å². The molecule has 0 bridgehead atoms. The molecule has 1 fully saturated rings. The zero-order valence-corrected chi connectivity index (χ0v) is 13.9. The number of aromatic nitrogens is 1. The number of fused-ring (bicyclic) bond motifs is 1. The highest BCUT2D eigenvalue weighted by molar-refractivity contribution is 5.91. The van der Waals surface area contributed by atoms with Gasteiger partial charge in [-0.25, -0.2) is 0 Å². The predicted octanol–water partition coefficient (Wildman–Crippen LogP) is 1.28. The number of primary amides is 1. The molecule has 6 nitrogen and oxygen atoms in total. The molecule has 1 unspecified atom stereocenters. The highest BCUT2D eigenvalue weighted by atomic mass is 16.5. The summed E-state index contributed by atoms with van der Waals surface area (Å²) in [6, 6.07) is 8.14. The van der Waals surface area contributed by atoms with E-state index in [-0.39, 0.29) is 18.4 Å². The van der Waals surface area contributed by atoms with E-state index in [0.29, 0.717) is 19.1 Å². The van der Waals surface area contributed by atoms with Gasteiger partial charge in [-0.3, -0.25) is 19.1 Å². The molecule has 0 spiro atoms. The molecule has 0 radical (unpaired) electrons. The normalized spacial score (nSPS) is 19.3. The SMILES string of the molecule is CC(=O)n1ccc2cc(CC3COCCN(CC(N)=O)C3)ccc21. The molecule has 2 aromatic rings. The Bertz CT molecular complexity index is 753. The topological polar surface area (TPSA) is 77.6 Å². The first kappa shape index (κ1) is 16.7. The molecule has 1 saturated heterocycles. The van der Waals surface area contributed by atoms with Gasteiger partial charge in [0.05, 0.1) is 25.3 Å². The molecule has 1 atom stereocenters. The lowest BCUT2D eigenvalue weighted by molar-refractivity contribution is -0.119. The summed E-state index contributed by atoms with van der Waals surface area (Å²) in [6.45, 7) is 4.69. The molecular formula is C18H23N3O3. The van der Waals surface area contributed by atoms with Gasteiger partial charge in [0.25, 0.3) is 0 Å². The van der Waals surface area contributed by atoms with Gasteiger partial charge in [0.15, 0.2) is 0 Å². The predicted molar refractivity (Wildman–Crippen MR) is 91.9 cm³/mol. The van der Waals surface area contributed by atoms with Crippen LogP contribution in [-0.4, -0.2) is 54.1 Å². The van der Waals surface area contributed by atoms with Crippen molar-refractivity contribution < 1.29 is 14.3 Å². The van der Waals surface area contributed by atoms with Crippen LogP contribution in [0.25, 0.3) is 10.9 Å². The fourth-order valence-electron chi connectivity index (χ4n) is 3.37. The maximum atomic E-state index is 11.6. The van der Waals surface area contributed by atoms with Gasteiger partial charge >= 0.3 is 0 Å². The molecule has 1 aliphatic rings. The van der Waals surface area contributed by atoms with Gasteiger partial charge in [0, 0.05) is 31.6 Å². The molecule has 2 heterocycles. The summed E-state index contributed by atoms with van der Waals surface area (Å²) in [5.41, 5.74) is 7.45. The van der Waals surface area contributed by atoms with Gasteiger partial charge in [-0.15, -0.1) is 0 Å². The number of carbonyl (C=O) groups excluding carboxylic acids is 2. The second-order valence-electron chi connectivity index (χ2n) is 6.44. The average Bonchev–Trinajstić information content (AvgIpc) is 2.82. The third kappa shape index (κ3) is 3.83. The Labute approximate surface area is 141 Å². The monoisotopic (exact) mass is 329 g/mol. The van der Waals surface area contributed by atoms with E-state index in [1.165, 1.54) is 5.56 Å². The number of nitrogens with two attached hydrogens (primary N) is 1. The molecule has 6 heteroatoms. The zero-order chi connectivity index (χ0) is 17.1. The molecule has 0 saturated carbocycles. The van der Waals surface area contributed by atoms with Gasteiger partial charge in [-0.1, -0.05) is 6.07 Å². The summed E-state index contributed by atoms with van der Waals surface area (Å²) in [6.07, 6.45) is 2.68. The lowest BCUT2D eigenvalue weighted by Gasteiger charge is -2.22. The lowest BCUT2D eigenvalue weighted by Crippen LogP contribution is -2.37. The van der Waals surface area contributed by atoms with E-state index in [4.69, 9.17) is 10.5 Å². The van der Waals surface area contributed by atoms with Crippen molar-refractivity contribution in [3.8, 4) is 0 Å². The van der Waals surface area contributed by atoms with Crippen molar-refractivity contribution in [3.63, 3.8) is 0 Å². The van der Waals surface area contributed by atoms with Crippen LogP contribution >= 0.6 is 0 Å². The number of amides is 1. The summed E-state index contributed by atoms with van der Waals surface area (Å²) in [5, 5.41) is 1.06. The molecule has 1 aromatic carbocycles. The summed E-state index contributed by atoms with van der Waals surface area (Å²) in [7, 11) is 0. The van der Waals surface area contributed by atoms with Crippen molar-refractivity contribution >= 4 is 22.7 Å². The molecule has 2 N–H and O–H groups in total. The quantitative estimate of drug-likeness (QED) is 0.916. The van der Waals surface area contributed by atoms with Crippen LogP contribution in [0.5, 0.6) is 0 Å². The van der Waals surface area contributed by atoms with Crippen molar-refractivity contribution in [2.75, 3.05) is 32.8 Å². The maximum absolute atomic E-state index is 11.6. The molecule has 1 aromatic heterocycles. The van der Waals surface area contributed by atoms with E-state index in [0.717, 1.165) is 30.4 Å². The first-order valence-corrected chi connectivity index (χ1v) is 8.22. The van der Waals surface area contributed by atoms with Gasteiger partial charge < -0.3 is 10.5 Å². The second kappa shape index (κ2) is 7.15. The number of benzene rings is 1. The molecule has 3 rings (SSSR count). The molecule has 1 amide bonds. The van der Waals surface area contributed by atoms with E-state index >= 15 is 0 Å². The molecule has 128 valence electrons. The van der Waals surface area contributed by atoms with Crippen molar-refractivity contribution in [2.24, 2.45) is 11.7 Å². The number of carbonyl (C=O) groups is 2. The fraction of sp³-hybridized carbons (Fsp3) is 0.444. The van der Waals surface area contributed by atoms with Gasteiger partial charge in [-0.05, 0) is 36.1 Å². The van der Waals surface area contributed by atoms with Crippen LogP contribution in [0.4, 0.5) is 0 Å². The Morgan fingerprint density at radius 1 is 1.33 bits per heavy atom. The van der Waals surface area contributed by atoms with Crippen molar-refractivity contribution in [2.45, 2.75) is 13.3 Å². The molecule has 1 aliphatic heterocycles. The summed E-state index contributed by atoms with van der Waals surface area (Å²) in [5.74, 6) is 0.0267. The van der Waals surface area contributed by atoms with E-state index < -0.39 is 0 Å². The minimum absolute atomic E-state index is 0.0111. The minimum atomic E-state index is -0.303. The number of nitrogens with zero attached hydrogens (tertiary/aromatic N) is 2. The minimum Gasteiger partial charge on any atom is -0.380 e. The number of hydrogen-bond acceptors (Lipinski definition) is 4. The van der Waals surface area contributed by atoms with Gasteiger partial charge in [0.2, 0.25) is 11.8 Å². The zero-order valence-electron chi connectivity index (χ0n) is 13.9. The Balaban J connectivity index is 1.73. The Morgan fingerprint density at radius 3 is 2.92 bits per heavy atom. The highest BCUT2D eigenvalue weighted by Gasteiger charge is 2.20.